The topological polar surface area (TPSA) is 26.3 Å². The number of Topliss-reactive ketones (excluding diaryl/α,β-unsaturated/α-hetero) is 1. The fourth-order valence-corrected chi connectivity index (χ4v) is 1.79. The smallest absolute Gasteiger partial charge is 0.163 e. The van der Waals surface area contributed by atoms with Gasteiger partial charge in [0.05, 0.1) is 5.56 Å². The van der Waals surface area contributed by atoms with Gasteiger partial charge in [-0.2, -0.15) is 0 Å². The molecule has 0 saturated carbocycles. The summed E-state index contributed by atoms with van der Waals surface area (Å²) in [6.07, 6.45) is 0. The molecular weight excluding hydrogens is 212 g/mol. The Labute approximate surface area is 101 Å². The second kappa shape index (κ2) is 4.83. The van der Waals surface area contributed by atoms with Gasteiger partial charge in [-0.15, -0.1) is 0 Å². The predicted molar refractivity (Wildman–Crippen MR) is 67.7 cm³/mol. The molecule has 17 heavy (non-hydrogen) atoms. The second-order valence-electron chi connectivity index (χ2n) is 3.92. The number of ether oxygens (including phenoxy) is 1. The maximum Gasteiger partial charge on any atom is 0.163 e. The Balaban J connectivity index is 2.40. The SMILES string of the molecule is CC(=O)c1c(C)cccc1Oc1ccccc1. The summed E-state index contributed by atoms with van der Waals surface area (Å²) in [7, 11) is 0. The van der Waals surface area contributed by atoms with Crippen molar-refractivity contribution in [2.45, 2.75) is 13.8 Å². The third kappa shape index (κ3) is 2.53. The summed E-state index contributed by atoms with van der Waals surface area (Å²) in [5.74, 6) is 1.37. The largest absolute Gasteiger partial charge is 0.457 e. The molecule has 2 heteroatoms. The summed E-state index contributed by atoms with van der Waals surface area (Å²) in [6, 6.07) is 15.1. The van der Waals surface area contributed by atoms with E-state index in [4.69, 9.17) is 4.74 Å². The Kier molecular flexibility index (Phi) is 3.24. The second-order valence-corrected chi connectivity index (χ2v) is 3.92. The summed E-state index contributed by atoms with van der Waals surface area (Å²) in [6.45, 7) is 3.47. The Bertz CT molecular complexity index is 530. The van der Waals surface area contributed by atoms with Crippen LogP contribution < -0.4 is 4.74 Å². The average molecular weight is 226 g/mol. The van der Waals surface area contributed by atoms with E-state index in [-0.39, 0.29) is 5.78 Å². The fourth-order valence-electron chi connectivity index (χ4n) is 1.79. The number of hydrogen-bond acceptors (Lipinski definition) is 2. The van der Waals surface area contributed by atoms with Crippen molar-refractivity contribution in [1.29, 1.82) is 0 Å². The van der Waals surface area contributed by atoms with E-state index in [1.54, 1.807) is 6.92 Å². The third-order valence-electron chi connectivity index (χ3n) is 2.56. The molecule has 0 fully saturated rings. The van der Waals surface area contributed by atoms with E-state index in [1.165, 1.54) is 0 Å². The molecule has 0 radical (unpaired) electrons. The average Bonchev–Trinajstić information content (AvgIpc) is 2.30. The standard InChI is InChI=1S/C15H14O2/c1-11-7-6-10-14(15(11)12(2)16)17-13-8-4-3-5-9-13/h3-10H,1-2H3. The summed E-state index contributed by atoms with van der Waals surface area (Å²) in [4.78, 5) is 11.6. The van der Waals surface area contributed by atoms with Crippen LogP contribution in [-0.2, 0) is 0 Å². The highest BCUT2D eigenvalue weighted by atomic mass is 16.5. The lowest BCUT2D eigenvalue weighted by molar-refractivity contribution is 0.101. The highest BCUT2D eigenvalue weighted by Gasteiger charge is 2.11. The lowest BCUT2D eigenvalue weighted by Crippen LogP contribution is -1.99. The molecule has 0 bridgehead atoms. The first-order chi connectivity index (χ1) is 8.18. The molecule has 0 heterocycles. The van der Waals surface area contributed by atoms with Gasteiger partial charge in [0.25, 0.3) is 0 Å². The van der Waals surface area contributed by atoms with Crippen LogP contribution in [0.2, 0.25) is 0 Å². The monoisotopic (exact) mass is 226 g/mol. The van der Waals surface area contributed by atoms with Crippen LogP contribution >= 0.6 is 0 Å². The van der Waals surface area contributed by atoms with Crippen LogP contribution in [0.4, 0.5) is 0 Å². The summed E-state index contributed by atoms with van der Waals surface area (Å²) in [5, 5.41) is 0. The molecule has 0 spiro atoms. The zero-order valence-electron chi connectivity index (χ0n) is 9.94. The van der Waals surface area contributed by atoms with Crippen LogP contribution in [0.3, 0.4) is 0 Å². The maximum absolute atomic E-state index is 11.6. The number of hydrogen-bond donors (Lipinski definition) is 0. The van der Waals surface area contributed by atoms with Crippen LogP contribution in [0.25, 0.3) is 0 Å². The molecule has 0 amide bonds. The van der Waals surface area contributed by atoms with Crippen LogP contribution in [0.5, 0.6) is 11.5 Å². The molecule has 0 unspecified atom stereocenters. The molecule has 0 aromatic heterocycles. The number of aryl methyl sites for hydroxylation is 1. The molecule has 0 atom stereocenters. The lowest BCUT2D eigenvalue weighted by Gasteiger charge is -2.11. The normalized spacial score (nSPS) is 10.0. The molecule has 2 aromatic carbocycles. The van der Waals surface area contributed by atoms with Gasteiger partial charge in [0, 0.05) is 0 Å². The van der Waals surface area contributed by atoms with Crippen molar-refractivity contribution in [3.8, 4) is 11.5 Å². The molecule has 2 aromatic rings. The van der Waals surface area contributed by atoms with Gasteiger partial charge >= 0.3 is 0 Å². The van der Waals surface area contributed by atoms with Crippen molar-refractivity contribution in [2.24, 2.45) is 0 Å². The van der Waals surface area contributed by atoms with Gasteiger partial charge in [-0.05, 0) is 37.6 Å². The molecule has 86 valence electrons. The number of benzene rings is 2. The van der Waals surface area contributed by atoms with Crippen molar-refractivity contribution >= 4 is 5.78 Å². The molecular formula is C15H14O2. The Morgan fingerprint density at radius 2 is 1.71 bits per heavy atom. The number of para-hydroxylation sites is 1. The summed E-state index contributed by atoms with van der Waals surface area (Å²) in [5.41, 5.74) is 1.59. The Morgan fingerprint density at radius 1 is 1.00 bits per heavy atom. The van der Waals surface area contributed by atoms with E-state index < -0.39 is 0 Å². The van der Waals surface area contributed by atoms with Crippen molar-refractivity contribution in [1.82, 2.24) is 0 Å². The fraction of sp³-hybridized carbons (Fsp3) is 0.133. The summed E-state index contributed by atoms with van der Waals surface area (Å²) >= 11 is 0. The lowest BCUT2D eigenvalue weighted by atomic mass is 10.0. The first-order valence-electron chi connectivity index (χ1n) is 5.52. The third-order valence-corrected chi connectivity index (χ3v) is 2.56. The Hall–Kier alpha value is -2.09. The van der Waals surface area contributed by atoms with Crippen LogP contribution in [0.15, 0.2) is 48.5 Å². The van der Waals surface area contributed by atoms with E-state index in [1.807, 2.05) is 55.5 Å². The molecule has 0 aliphatic carbocycles. The molecule has 2 rings (SSSR count). The first-order valence-corrected chi connectivity index (χ1v) is 5.52. The molecule has 0 saturated heterocycles. The molecule has 0 aliphatic rings. The van der Waals surface area contributed by atoms with E-state index in [0.29, 0.717) is 11.3 Å². The number of carbonyl (C=O) groups excluding carboxylic acids is 1. The minimum absolute atomic E-state index is 0.0223. The highest BCUT2D eigenvalue weighted by Crippen LogP contribution is 2.27. The van der Waals surface area contributed by atoms with Gasteiger partial charge < -0.3 is 4.74 Å². The highest BCUT2D eigenvalue weighted by molar-refractivity contribution is 5.98. The molecule has 0 aliphatic heterocycles. The number of rotatable bonds is 3. The molecule has 0 N–H and O–H groups in total. The van der Waals surface area contributed by atoms with Gasteiger partial charge in [-0.25, -0.2) is 0 Å². The molecule has 2 nitrogen and oxygen atoms in total. The Morgan fingerprint density at radius 3 is 2.35 bits per heavy atom. The van der Waals surface area contributed by atoms with Crippen molar-refractivity contribution in [3.05, 3.63) is 59.7 Å². The van der Waals surface area contributed by atoms with Gasteiger partial charge in [-0.1, -0.05) is 30.3 Å². The summed E-state index contributed by atoms with van der Waals surface area (Å²) < 4.78 is 5.73. The van der Waals surface area contributed by atoms with Crippen molar-refractivity contribution in [2.75, 3.05) is 0 Å². The van der Waals surface area contributed by atoms with Crippen LogP contribution in [0.1, 0.15) is 22.8 Å². The van der Waals surface area contributed by atoms with E-state index >= 15 is 0 Å². The van der Waals surface area contributed by atoms with E-state index in [9.17, 15) is 4.79 Å². The van der Waals surface area contributed by atoms with E-state index in [0.717, 1.165) is 11.3 Å². The van der Waals surface area contributed by atoms with Gasteiger partial charge in [0.2, 0.25) is 0 Å². The maximum atomic E-state index is 11.6. The first kappa shape index (κ1) is 11.4. The van der Waals surface area contributed by atoms with Crippen molar-refractivity contribution < 1.29 is 9.53 Å². The van der Waals surface area contributed by atoms with Gasteiger partial charge in [0.1, 0.15) is 11.5 Å². The number of carbonyl (C=O) groups is 1. The van der Waals surface area contributed by atoms with Crippen LogP contribution in [-0.4, -0.2) is 5.78 Å². The van der Waals surface area contributed by atoms with E-state index in [2.05, 4.69) is 0 Å². The zero-order valence-corrected chi connectivity index (χ0v) is 9.94. The number of ketones is 1. The van der Waals surface area contributed by atoms with Crippen LogP contribution in [0, 0.1) is 6.92 Å². The zero-order chi connectivity index (χ0) is 12.3. The minimum Gasteiger partial charge on any atom is -0.457 e. The predicted octanol–water partition coefficient (Wildman–Crippen LogP) is 3.99. The quantitative estimate of drug-likeness (QED) is 0.740. The van der Waals surface area contributed by atoms with Crippen molar-refractivity contribution in [3.63, 3.8) is 0 Å². The minimum atomic E-state index is 0.0223. The van der Waals surface area contributed by atoms with Gasteiger partial charge in [0.15, 0.2) is 5.78 Å². The van der Waals surface area contributed by atoms with Gasteiger partial charge in [-0.3, -0.25) is 4.79 Å².